The predicted molar refractivity (Wildman–Crippen MR) is 57.7 cm³/mol. The highest BCUT2D eigenvalue weighted by Crippen LogP contribution is 2.44. The lowest BCUT2D eigenvalue weighted by molar-refractivity contribution is 0.0166. The Morgan fingerprint density at radius 2 is 2.12 bits per heavy atom. The van der Waals surface area contributed by atoms with E-state index in [-0.39, 0.29) is 16.9 Å². The van der Waals surface area contributed by atoms with Crippen molar-refractivity contribution in [3.8, 4) is 0 Å². The number of fused-ring (bicyclic) bond motifs is 1. The Kier molecular flexibility index (Phi) is 2.36. The Labute approximate surface area is 93.8 Å². The topological polar surface area (TPSA) is 54.4 Å². The van der Waals surface area contributed by atoms with Crippen LogP contribution in [0, 0.1) is 0 Å². The minimum absolute atomic E-state index is 0.0267. The molecule has 0 saturated carbocycles. The van der Waals surface area contributed by atoms with E-state index in [1.807, 2.05) is 0 Å². The molecule has 0 spiro atoms. The molecule has 0 aromatic heterocycles. The molecule has 1 aromatic carbocycles. The highest BCUT2D eigenvalue weighted by molar-refractivity contribution is 7.90. The fourth-order valence-corrected chi connectivity index (χ4v) is 3.12. The summed E-state index contributed by atoms with van der Waals surface area (Å²) in [5.74, 6) is 0. The molecule has 1 aliphatic rings. The molecule has 2 atom stereocenters. The Morgan fingerprint density at radius 1 is 1.50 bits per heavy atom. The van der Waals surface area contributed by atoms with Crippen LogP contribution in [0.2, 0.25) is 0 Å². The van der Waals surface area contributed by atoms with Gasteiger partial charge in [0.15, 0.2) is 9.84 Å². The van der Waals surface area contributed by atoms with Crippen molar-refractivity contribution < 1.29 is 17.9 Å². The van der Waals surface area contributed by atoms with E-state index in [1.165, 1.54) is 13.0 Å². The van der Waals surface area contributed by atoms with E-state index in [2.05, 4.69) is 0 Å². The van der Waals surface area contributed by atoms with Crippen molar-refractivity contribution >= 4 is 9.84 Å². The Hall–Kier alpha value is -0.940. The van der Waals surface area contributed by atoms with E-state index in [0.717, 1.165) is 6.26 Å². The SMILES string of the molecule is C[C@]1(F)Cc2cccc(S(C)(=O)=O)c2[C@@H]1O. The summed E-state index contributed by atoms with van der Waals surface area (Å²) in [7, 11) is -3.44. The zero-order valence-corrected chi connectivity index (χ0v) is 9.88. The fraction of sp³-hybridized carbons (Fsp3) is 0.455. The molecule has 0 saturated heterocycles. The molecule has 0 aliphatic heterocycles. The number of sulfone groups is 1. The average molecular weight is 244 g/mol. The zero-order chi connectivity index (χ0) is 12.1. The summed E-state index contributed by atoms with van der Waals surface area (Å²) in [4.78, 5) is 0.0267. The highest BCUT2D eigenvalue weighted by Gasteiger charge is 2.44. The van der Waals surface area contributed by atoms with Crippen LogP contribution in [0.4, 0.5) is 4.39 Å². The molecule has 0 fully saturated rings. The van der Waals surface area contributed by atoms with Crippen LogP contribution in [0.1, 0.15) is 24.2 Å². The van der Waals surface area contributed by atoms with Crippen LogP contribution in [0.5, 0.6) is 0 Å². The molecule has 0 bridgehead atoms. The number of hydrogen-bond donors (Lipinski definition) is 1. The maximum atomic E-state index is 13.9. The second-order valence-electron chi connectivity index (χ2n) is 4.46. The predicted octanol–water partition coefficient (Wildman–Crippen LogP) is 1.41. The third kappa shape index (κ3) is 1.64. The molecule has 1 aromatic rings. The van der Waals surface area contributed by atoms with Gasteiger partial charge in [-0.2, -0.15) is 0 Å². The first-order valence-electron chi connectivity index (χ1n) is 4.92. The lowest BCUT2D eigenvalue weighted by Gasteiger charge is -2.18. The number of aliphatic hydroxyl groups excluding tert-OH is 1. The molecule has 5 heteroatoms. The van der Waals surface area contributed by atoms with Crippen LogP contribution >= 0.6 is 0 Å². The van der Waals surface area contributed by atoms with Crippen molar-refractivity contribution in [1.29, 1.82) is 0 Å². The molecule has 0 amide bonds. The van der Waals surface area contributed by atoms with Gasteiger partial charge in [-0.1, -0.05) is 12.1 Å². The number of hydrogen-bond acceptors (Lipinski definition) is 3. The molecule has 0 heterocycles. The van der Waals surface area contributed by atoms with Crippen LogP contribution in [0.3, 0.4) is 0 Å². The molecule has 88 valence electrons. The second-order valence-corrected chi connectivity index (χ2v) is 6.44. The standard InChI is InChI=1S/C11H13FO3S/c1-11(12)6-7-4-3-5-8(16(2,14)15)9(7)10(11)13/h3-5,10,13H,6H2,1-2H3/t10-,11-/m0/s1. The molecule has 1 N–H and O–H groups in total. The zero-order valence-electron chi connectivity index (χ0n) is 9.07. The number of aliphatic hydroxyl groups is 1. The fourth-order valence-electron chi connectivity index (χ4n) is 2.15. The minimum atomic E-state index is -3.44. The maximum absolute atomic E-state index is 13.9. The molecule has 0 radical (unpaired) electrons. The molecular weight excluding hydrogens is 231 g/mol. The number of alkyl halides is 1. The second kappa shape index (κ2) is 3.28. The molecule has 16 heavy (non-hydrogen) atoms. The van der Waals surface area contributed by atoms with Gasteiger partial charge in [-0.15, -0.1) is 0 Å². The van der Waals surface area contributed by atoms with Gasteiger partial charge in [0.1, 0.15) is 11.8 Å². The lowest BCUT2D eigenvalue weighted by atomic mass is 10.0. The van der Waals surface area contributed by atoms with Crippen LogP contribution in [-0.2, 0) is 16.3 Å². The molecule has 3 nitrogen and oxygen atoms in total. The third-order valence-corrected chi connectivity index (χ3v) is 4.09. The van der Waals surface area contributed by atoms with Gasteiger partial charge in [0, 0.05) is 18.2 Å². The summed E-state index contributed by atoms with van der Waals surface area (Å²) in [5, 5.41) is 9.81. The average Bonchev–Trinajstić information content (AvgIpc) is 2.36. The van der Waals surface area contributed by atoms with Crippen molar-refractivity contribution in [1.82, 2.24) is 0 Å². The van der Waals surface area contributed by atoms with Crippen molar-refractivity contribution in [2.45, 2.75) is 30.0 Å². The van der Waals surface area contributed by atoms with Crippen LogP contribution in [0.15, 0.2) is 23.1 Å². The Balaban J connectivity index is 2.70. The van der Waals surface area contributed by atoms with Gasteiger partial charge >= 0.3 is 0 Å². The Bertz CT molecular complexity index is 534. The van der Waals surface area contributed by atoms with E-state index in [0.29, 0.717) is 5.56 Å². The number of halogens is 1. The first-order chi connectivity index (χ1) is 7.23. The summed E-state index contributed by atoms with van der Waals surface area (Å²) in [6.07, 6.45) is -0.260. The van der Waals surface area contributed by atoms with Gasteiger partial charge in [0.05, 0.1) is 4.90 Å². The molecule has 2 rings (SSSR count). The van der Waals surface area contributed by atoms with Crippen LogP contribution in [0.25, 0.3) is 0 Å². The molecule has 1 aliphatic carbocycles. The highest BCUT2D eigenvalue weighted by atomic mass is 32.2. The summed E-state index contributed by atoms with van der Waals surface area (Å²) in [5.41, 5.74) is -1.00. The van der Waals surface area contributed by atoms with E-state index in [9.17, 15) is 17.9 Å². The number of rotatable bonds is 1. The summed E-state index contributed by atoms with van der Waals surface area (Å²) < 4.78 is 37.0. The first kappa shape index (κ1) is 11.5. The van der Waals surface area contributed by atoms with Crippen LogP contribution in [-0.4, -0.2) is 25.4 Å². The number of benzene rings is 1. The molecular formula is C11H13FO3S. The van der Waals surface area contributed by atoms with Gasteiger partial charge in [-0.05, 0) is 18.6 Å². The van der Waals surface area contributed by atoms with E-state index in [1.54, 1.807) is 12.1 Å². The smallest absolute Gasteiger partial charge is 0.175 e. The summed E-state index contributed by atoms with van der Waals surface area (Å²) in [6.45, 7) is 1.28. The molecule has 0 unspecified atom stereocenters. The van der Waals surface area contributed by atoms with Crippen molar-refractivity contribution in [2.24, 2.45) is 0 Å². The van der Waals surface area contributed by atoms with Gasteiger partial charge in [-0.3, -0.25) is 0 Å². The monoisotopic (exact) mass is 244 g/mol. The van der Waals surface area contributed by atoms with Crippen molar-refractivity contribution in [3.63, 3.8) is 0 Å². The van der Waals surface area contributed by atoms with E-state index in [4.69, 9.17) is 0 Å². The normalized spacial score (nSPS) is 29.1. The van der Waals surface area contributed by atoms with Crippen LogP contribution < -0.4 is 0 Å². The van der Waals surface area contributed by atoms with Crippen molar-refractivity contribution in [2.75, 3.05) is 6.26 Å². The first-order valence-corrected chi connectivity index (χ1v) is 6.81. The van der Waals surface area contributed by atoms with E-state index < -0.39 is 21.6 Å². The lowest BCUT2D eigenvalue weighted by Crippen LogP contribution is -2.24. The van der Waals surface area contributed by atoms with Gasteiger partial charge in [0.2, 0.25) is 0 Å². The largest absolute Gasteiger partial charge is 0.385 e. The van der Waals surface area contributed by atoms with Gasteiger partial charge in [0.25, 0.3) is 0 Å². The van der Waals surface area contributed by atoms with Gasteiger partial charge in [-0.25, -0.2) is 12.8 Å². The third-order valence-electron chi connectivity index (χ3n) is 2.94. The summed E-state index contributed by atoms with van der Waals surface area (Å²) >= 11 is 0. The minimum Gasteiger partial charge on any atom is -0.385 e. The Morgan fingerprint density at radius 3 is 2.69 bits per heavy atom. The van der Waals surface area contributed by atoms with Crippen molar-refractivity contribution in [3.05, 3.63) is 29.3 Å². The van der Waals surface area contributed by atoms with Gasteiger partial charge < -0.3 is 5.11 Å². The maximum Gasteiger partial charge on any atom is 0.175 e. The quantitative estimate of drug-likeness (QED) is 0.812. The summed E-state index contributed by atoms with van der Waals surface area (Å²) in [6, 6.07) is 4.63. The van der Waals surface area contributed by atoms with E-state index >= 15 is 0 Å².